The highest BCUT2D eigenvalue weighted by Crippen LogP contribution is 2.38. The third-order valence-corrected chi connectivity index (χ3v) is 9.73. The molecule has 0 saturated heterocycles. The molecule has 3 heterocycles. The van der Waals surface area contributed by atoms with Crippen molar-refractivity contribution in [1.29, 1.82) is 0 Å². The van der Waals surface area contributed by atoms with Crippen LogP contribution in [0.1, 0.15) is 0 Å². The molecule has 0 atom stereocenters. The lowest BCUT2D eigenvalue weighted by Crippen LogP contribution is -1.99. The minimum atomic E-state index is 0.837. The molecule has 4 heteroatoms. The Morgan fingerprint density at radius 1 is 0.320 bits per heavy atom. The van der Waals surface area contributed by atoms with E-state index in [2.05, 4.69) is 173 Å². The number of aromatic nitrogens is 4. The Morgan fingerprint density at radius 3 is 1.42 bits per heavy atom. The van der Waals surface area contributed by atoms with E-state index in [1.807, 2.05) is 18.2 Å². The number of nitrogens with zero attached hydrogens (tertiary/aromatic N) is 4. The normalized spacial score (nSPS) is 11.6. The zero-order valence-corrected chi connectivity index (χ0v) is 27.1. The monoisotopic (exact) mass is 638 g/mol. The third-order valence-electron chi connectivity index (χ3n) is 9.73. The first kappa shape index (κ1) is 28.3. The zero-order chi connectivity index (χ0) is 33.0. The molecule has 0 bridgehead atoms. The third kappa shape index (κ3) is 4.46. The second-order valence-corrected chi connectivity index (χ2v) is 12.6. The van der Waals surface area contributed by atoms with Crippen molar-refractivity contribution >= 4 is 43.9 Å². The van der Waals surface area contributed by atoms with Crippen LogP contribution >= 0.6 is 0 Å². The van der Waals surface area contributed by atoms with Gasteiger partial charge in [0.15, 0.2) is 5.65 Å². The molecule has 0 aliphatic heterocycles. The van der Waals surface area contributed by atoms with Crippen LogP contribution in [0, 0.1) is 0 Å². The van der Waals surface area contributed by atoms with Crippen molar-refractivity contribution in [2.75, 3.05) is 0 Å². The molecule has 10 rings (SSSR count). The van der Waals surface area contributed by atoms with E-state index in [9.17, 15) is 0 Å². The molecule has 3 aromatic heterocycles. The number of fused-ring (bicyclic) bond motifs is 6. The Labute approximate surface area is 289 Å². The maximum Gasteiger partial charge on any atom is 0.165 e. The van der Waals surface area contributed by atoms with Crippen molar-refractivity contribution in [1.82, 2.24) is 19.1 Å². The van der Waals surface area contributed by atoms with Gasteiger partial charge in [0, 0.05) is 38.7 Å². The van der Waals surface area contributed by atoms with Gasteiger partial charge in [-0.05, 0) is 59.7 Å². The Morgan fingerprint density at radius 2 is 0.800 bits per heavy atom. The second-order valence-electron chi connectivity index (χ2n) is 12.6. The summed E-state index contributed by atoms with van der Waals surface area (Å²) >= 11 is 0. The van der Waals surface area contributed by atoms with Gasteiger partial charge in [-0.25, -0.2) is 9.97 Å². The maximum atomic E-state index is 5.45. The predicted octanol–water partition coefficient (Wildman–Crippen LogP) is 11.7. The van der Waals surface area contributed by atoms with Crippen LogP contribution in [0.4, 0.5) is 0 Å². The maximum absolute atomic E-state index is 5.45. The van der Waals surface area contributed by atoms with Gasteiger partial charge < -0.3 is 4.57 Å². The van der Waals surface area contributed by atoms with Gasteiger partial charge >= 0.3 is 0 Å². The number of para-hydroxylation sites is 3. The molecule has 0 spiro atoms. The Balaban J connectivity index is 1.18. The van der Waals surface area contributed by atoms with Crippen LogP contribution < -0.4 is 0 Å². The van der Waals surface area contributed by atoms with Crippen LogP contribution in [0.3, 0.4) is 0 Å². The SMILES string of the molecule is c1ccc(-c2nc3c4cc(-c5ccc(-n6c7ccccc7c7ccccc76)cc5)ccc4n(-c4ccccc4)c3nc2-c2ccccc2)cc1. The van der Waals surface area contributed by atoms with Crippen LogP contribution in [-0.4, -0.2) is 19.1 Å². The van der Waals surface area contributed by atoms with Crippen molar-refractivity contribution in [3.63, 3.8) is 0 Å². The summed E-state index contributed by atoms with van der Waals surface area (Å²) in [6.07, 6.45) is 0. The van der Waals surface area contributed by atoms with Crippen LogP contribution in [0.25, 0.3) is 88.9 Å². The van der Waals surface area contributed by atoms with E-state index in [4.69, 9.17) is 9.97 Å². The molecule has 0 amide bonds. The van der Waals surface area contributed by atoms with Gasteiger partial charge in [0.05, 0.1) is 27.9 Å². The van der Waals surface area contributed by atoms with Gasteiger partial charge in [0.25, 0.3) is 0 Å². The fourth-order valence-electron chi connectivity index (χ4n) is 7.41. The van der Waals surface area contributed by atoms with E-state index in [0.29, 0.717) is 0 Å². The first-order valence-corrected chi connectivity index (χ1v) is 16.9. The van der Waals surface area contributed by atoms with Gasteiger partial charge in [-0.3, -0.25) is 4.57 Å². The molecule has 7 aromatic carbocycles. The Bertz CT molecular complexity index is 2780. The lowest BCUT2D eigenvalue weighted by molar-refractivity contribution is 1.13. The average molecular weight is 639 g/mol. The molecular weight excluding hydrogens is 609 g/mol. The van der Waals surface area contributed by atoms with E-state index in [1.54, 1.807) is 0 Å². The first-order valence-electron chi connectivity index (χ1n) is 16.9. The second kappa shape index (κ2) is 11.4. The molecule has 0 fully saturated rings. The Kier molecular flexibility index (Phi) is 6.46. The van der Waals surface area contributed by atoms with E-state index >= 15 is 0 Å². The number of hydrogen-bond acceptors (Lipinski definition) is 2. The lowest BCUT2D eigenvalue weighted by atomic mass is 10.0. The summed E-state index contributed by atoms with van der Waals surface area (Å²) in [7, 11) is 0. The molecule has 50 heavy (non-hydrogen) atoms. The molecule has 0 saturated carbocycles. The van der Waals surface area contributed by atoms with Crippen molar-refractivity contribution in [2.24, 2.45) is 0 Å². The molecule has 0 radical (unpaired) electrons. The molecule has 0 unspecified atom stereocenters. The fraction of sp³-hybridized carbons (Fsp3) is 0. The van der Waals surface area contributed by atoms with Gasteiger partial charge in [-0.15, -0.1) is 0 Å². The van der Waals surface area contributed by atoms with E-state index < -0.39 is 0 Å². The van der Waals surface area contributed by atoms with Crippen LogP contribution in [0.5, 0.6) is 0 Å². The quantitative estimate of drug-likeness (QED) is 0.188. The summed E-state index contributed by atoms with van der Waals surface area (Å²) < 4.78 is 4.60. The number of hydrogen-bond donors (Lipinski definition) is 0. The molecule has 0 aliphatic carbocycles. The van der Waals surface area contributed by atoms with Crippen molar-refractivity contribution in [2.45, 2.75) is 0 Å². The van der Waals surface area contributed by atoms with Crippen LogP contribution in [0.15, 0.2) is 182 Å². The van der Waals surface area contributed by atoms with E-state index in [0.717, 1.165) is 67.1 Å². The topological polar surface area (TPSA) is 35.6 Å². The summed E-state index contributed by atoms with van der Waals surface area (Å²) in [5.74, 6) is 0. The lowest BCUT2D eigenvalue weighted by Gasteiger charge is -2.11. The minimum Gasteiger partial charge on any atom is -0.309 e. The van der Waals surface area contributed by atoms with E-state index in [-0.39, 0.29) is 0 Å². The number of rotatable bonds is 5. The van der Waals surface area contributed by atoms with Crippen molar-refractivity contribution in [3.05, 3.63) is 182 Å². The van der Waals surface area contributed by atoms with Gasteiger partial charge in [0.2, 0.25) is 0 Å². The molecule has 4 nitrogen and oxygen atoms in total. The zero-order valence-electron chi connectivity index (χ0n) is 27.1. The summed E-state index contributed by atoms with van der Waals surface area (Å²) in [6.45, 7) is 0. The first-order chi connectivity index (χ1) is 24.8. The highest BCUT2D eigenvalue weighted by Gasteiger charge is 2.21. The van der Waals surface area contributed by atoms with Gasteiger partial charge in [-0.2, -0.15) is 0 Å². The van der Waals surface area contributed by atoms with Crippen molar-refractivity contribution in [3.8, 4) is 45.0 Å². The standard InChI is InChI=1S/C46H30N4/c1-4-14-32(15-5-1)43-44(33-16-6-2-7-17-33)48-46-45(47-43)39-30-34(26-29-42(39)50(46)35-18-8-3-9-19-35)31-24-27-36(28-25-31)49-40-22-12-10-20-37(40)38-21-11-13-23-41(38)49/h1-30H. The summed E-state index contributed by atoms with van der Waals surface area (Å²) in [5, 5.41) is 3.59. The smallest absolute Gasteiger partial charge is 0.165 e. The molecule has 10 aromatic rings. The average Bonchev–Trinajstić information content (AvgIpc) is 3.70. The molecule has 0 aliphatic rings. The van der Waals surface area contributed by atoms with Crippen LogP contribution in [-0.2, 0) is 0 Å². The summed E-state index contributed by atoms with van der Waals surface area (Å²) in [6, 6.07) is 64.1. The van der Waals surface area contributed by atoms with E-state index in [1.165, 1.54) is 21.8 Å². The van der Waals surface area contributed by atoms with Gasteiger partial charge in [-0.1, -0.05) is 133 Å². The molecule has 0 N–H and O–H groups in total. The van der Waals surface area contributed by atoms with Gasteiger partial charge in [0.1, 0.15) is 5.52 Å². The summed E-state index contributed by atoms with van der Waals surface area (Å²) in [4.78, 5) is 10.9. The molecule has 234 valence electrons. The predicted molar refractivity (Wildman–Crippen MR) is 207 cm³/mol. The highest BCUT2D eigenvalue weighted by atomic mass is 15.1. The number of benzene rings is 7. The highest BCUT2D eigenvalue weighted by molar-refractivity contribution is 6.10. The summed E-state index contributed by atoms with van der Waals surface area (Å²) in [5.41, 5.74) is 13.5. The fourth-order valence-corrected chi connectivity index (χ4v) is 7.41. The minimum absolute atomic E-state index is 0.837. The molecular formula is C46H30N4. The van der Waals surface area contributed by atoms with Crippen molar-refractivity contribution < 1.29 is 0 Å². The van der Waals surface area contributed by atoms with Crippen LogP contribution in [0.2, 0.25) is 0 Å². The Hall–Kier alpha value is -6.78. The largest absolute Gasteiger partial charge is 0.309 e.